The number of thiazole rings is 1. The number of carbonyl (C=O) groups is 4. The Labute approximate surface area is 233 Å². The molecule has 0 bridgehead atoms. The zero-order valence-corrected chi connectivity index (χ0v) is 21.8. The Morgan fingerprint density at radius 1 is 1.38 bits per heavy atom. The van der Waals surface area contributed by atoms with Crippen molar-refractivity contribution in [3.63, 3.8) is 0 Å². The number of esters is 1. The van der Waals surface area contributed by atoms with Crippen LogP contribution in [0.25, 0.3) is 0 Å². The van der Waals surface area contributed by atoms with E-state index in [0.717, 1.165) is 28.0 Å². The number of terminal acetylenes is 1. The third kappa shape index (κ3) is 5.87. The second-order valence-electron chi connectivity index (χ2n) is 7.87. The second-order valence-corrected chi connectivity index (χ2v) is 9.84. The van der Waals surface area contributed by atoms with Gasteiger partial charge in [-0.2, -0.15) is 0 Å². The summed E-state index contributed by atoms with van der Waals surface area (Å²) in [5.41, 5.74) is -0.300. The molecule has 0 radical (unpaired) electrons. The van der Waals surface area contributed by atoms with Crippen molar-refractivity contribution in [1.82, 2.24) is 15.2 Å². The van der Waals surface area contributed by atoms with Crippen LogP contribution in [0.1, 0.15) is 11.3 Å². The number of ether oxygens (including phenoxy) is 1. The molecule has 206 valence electrons. The number of carbonyl (C=O) groups excluding carboxylic acids is 4. The van der Waals surface area contributed by atoms with E-state index in [2.05, 4.69) is 26.7 Å². The maximum absolute atomic E-state index is 13.1. The molecule has 3 heterocycles. The molecule has 3 N–H and O–H groups in total. The van der Waals surface area contributed by atoms with Crippen LogP contribution in [0, 0.1) is 22.5 Å². The number of fused-ring (bicyclic) bond motifs is 1. The number of nitro groups is 1. The highest BCUT2D eigenvalue weighted by Crippen LogP contribution is 2.40. The van der Waals surface area contributed by atoms with E-state index in [-0.39, 0.29) is 52.6 Å². The van der Waals surface area contributed by atoms with Gasteiger partial charge in [0.15, 0.2) is 23.1 Å². The van der Waals surface area contributed by atoms with E-state index in [1.807, 2.05) is 0 Å². The van der Waals surface area contributed by atoms with Gasteiger partial charge in [-0.05, 0) is 17.7 Å². The topological polar surface area (TPSA) is 203 Å². The Morgan fingerprint density at radius 3 is 2.80 bits per heavy atom. The highest BCUT2D eigenvalue weighted by Gasteiger charge is 2.55. The maximum Gasteiger partial charge on any atom is 0.358 e. The van der Waals surface area contributed by atoms with Gasteiger partial charge in [-0.15, -0.1) is 29.5 Å². The third-order valence-corrected chi connectivity index (χ3v) is 7.43. The number of non-ortho nitro benzene ring substituents is 1. The van der Waals surface area contributed by atoms with Gasteiger partial charge in [0, 0.05) is 17.5 Å². The van der Waals surface area contributed by atoms with Crippen LogP contribution in [0.3, 0.4) is 0 Å². The predicted molar refractivity (Wildman–Crippen MR) is 141 cm³/mol. The van der Waals surface area contributed by atoms with Crippen LogP contribution in [0.4, 0.5) is 10.8 Å². The number of β-lactam (4-membered cyclic amide) rings is 1. The number of oxime groups is 1. The Bertz CT molecular complexity index is 1460. The number of amides is 3. The van der Waals surface area contributed by atoms with Crippen LogP contribution in [0.2, 0.25) is 0 Å². The average molecular weight is 587 g/mol. The molecule has 3 amide bonds. The lowest BCUT2D eigenvalue weighted by Crippen LogP contribution is -2.71. The molecule has 1 aromatic heterocycles. The molecule has 15 nitrogen and oxygen atoms in total. The molecular weight excluding hydrogens is 568 g/mol. The number of anilines is 1. The molecule has 2 atom stereocenters. The van der Waals surface area contributed by atoms with Crippen molar-refractivity contribution < 1.29 is 38.8 Å². The fraction of sp³-hybridized carbons (Fsp3) is 0.217. The monoisotopic (exact) mass is 586 g/mol. The van der Waals surface area contributed by atoms with Crippen molar-refractivity contribution in [2.24, 2.45) is 5.16 Å². The minimum atomic E-state index is -1.09. The van der Waals surface area contributed by atoms with Crippen molar-refractivity contribution in [3.8, 4) is 12.3 Å². The number of hydrogen-bond acceptors (Lipinski definition) is 13. The van der Waals surface area contributed by atoms with Crippen LogP contribution in [0.15, 0.2) is 46.3 Å². The molecular formula is C23H18N6O9S2. The zero-order chi connectivity index (χ0) is 28.8. The Kier molecular flexibility index (Phi) is 8.61. The number of benzene rings is 1. The standard InChI is InChI=1S/C23H18N6O9S2/c1-2-7-38-27-16(14-9-40-23(25-14)24-11-30)19(32)26-17-20(33)28-18(15(31)10-39-21(17)28)22(34)37-8-12-3-5-13(6-4-12)29(35)36/h1,3-6,9,11,17,21,31H,7-8,10H2,(H,26,32)(H,24,25,30)/t17?,21-/m0/s1. The highest BCUT2D eigenvalue weighted by atomic mass is 32.2. The molecule has 2 aromatic rings. The van der Waals surface area contributed by atoms with Crippen LogP contribution in [0.5, 0.6) is 0 Å². The first-order valence-electron chi connectivity index (χ1n) is 11.1. The minimum absolute atomic E-state index is 0.0399. The van der Waals surface area contributed by atoms with Crippen LogP contribution >= 0.6 is 23.1 Å². The molecule has 0 spiro atoms. The molecule has 1 fully saturated rings. The Balaban J connectivity index is 1.44. The zero-order valence-electron chi connectivity index (χ0n) is 20.1. The predicted octanol–water partition coefficient (Wildman–Crippen LogP) is 0.886. The SMILES string of the molecule is C#CCON=C(C(=O)NC1C(=O)N2C(C(=O)OCc3ccc([N+](=O)[O-])cc3)=C(O)CS[C@@H]12)c1csc(NC=O)n1. The van der Waals surface area contributed by atoms with E-state index in [0.29, 0.717) is 12.0 Å². The summed E-state index contributed by atoms with van der Waals surface area (Å²) in [5.74, 6) is -0.734. The van der Waals surface area contributed by atoms with Gasteiger partial charge in [0.05, 0.1) is 10.7 Å². The van der Waals surface area contributed by atoms with Gasteiger partial charge in [-0.25, -0.2) is 9.78 Å². The summed E-state index contributed by atoms with van der Waals surface area (Å²) in [4.78, 5) is 69.8. The summed E-state index contributed by atoms with van der Waals surface area (Å²) in [6.07, 6.45) is 5.56. The van der Waals surface area contributed by atoms with Gasteiger partial charge in [0.25, 0.3) is 17.5 Å². The number of thioether (sulfide) groups is 1. The van der Waals surface area contributed by atoms with E-state index in [9.17, 15) is 34.4 Å². The van der Waals surface area contributed by atoms with Crippen molar-refractivity contribution in [2.45, 2.75) is 18.0 Å². The minimum Gasteiger partial charge on any atom is -0.509 e. The van der Waals surface area contributed by atoms with E-state index in [4.69, 9.17) is 16.0 Å². The normalized spacial score (nSPS) is 18.1. The number of hydrogen-bond donors (Lipinski definition) is 3. The maximum atomic E-state index is 13.1. The molecule has 1 saturated heterocycles. The number of nitrogens with zero attached hydrogens (tertiary/aromatic N) is 4. The van der Waals surface area contributed by atoms with E-state index in [1.165, 1.54) is 29.6 Å². The molecule has 1 aromatic carbocycles. The lowest BCUT2D eigenvalue weighted by atomic mass is 10.0. The fourth-order valence-electron chi connectivity index (χ4n) is 3.57. The van der Waals surface area contributed by atoms with E-state index in [1.54, 1.807) is 0 Å². The van der Waals surface area contributed by atoms with Crippen LogP contribution in [-0.2, 0) is 35.4 Å². The van der Waals surface area contributed by atoms with E-state index >= 15 is 0 Å². The highest BCUT2D eigenvalue weighted by molar-refractivity contribution is 8.00. The fourth-order valence-corrected chi connectivity index (χ4v) is 5.43. The first-order chi connectivity index (χ1) is 19.2. The third-order valence-electron chi connectivity index (χ3n) is 5.39. The largest absolute Gasteiger partial charge is 0.509 e. The van der Waals surface area contributed by atoms with Crippen molar-refractivity contribution >= 4 is 63.8 Å². The summed E-state index contributed by atoms with van der Waals surface area (Å²) in [6.45, 7) is -0.510. The van der Waals surface area contributed by atoms with Crippen LogP contribution in [-0.4, -0.2) is 73.6 Å². The number of aliphatic hydroxyl groups excluding tert-OH is 1. The molecule has 2 aliphatic heterocycles. The first-order valence-corrected chi connectivity index (χ1v) is 13.1. The lowest BCUT2D eigenvalue weighted by molar-refractivity contribution is -0.384. The number of rotatable bonds is 11. The summed E-state index contributed by atoms with van der Waals surface area (Å²) in [5, 5.41) is 30.6. The first kappa shape index (κ1) is 28.1. The number of nitrogens with one attached hydrogen (secondary N) is 2. The Hall–Kier alpha value is -4.95. The smallest absolute Gasteiger partial charge is 0.358 e. The molecule has 1 unspecified atom stereocenters. The number of aromatic nitrogens is 1. The van der Waals surface area contributed by atoms with Crippen LogP contribution < -0.4 is 10.6 Å². The van der Waals surface area contributed by atoms with Crippen molar-refractivity contribution in [1.29, 1.82) is 0 Å². The molecule has 0 aliphatic carbocycles. The van der Waals surface area contributed by atoms with Gasteiger partial charge in [-0.1, -0.05) is 11.1 Å². The van der Waals surface area contributed by atoms with Gasteiger partial charge < -0.3 is 25.3 Å². The van der Waals surface area contributed by atoms with Gasteiger partial charge in [0.2, 0.25) is 6.41 Å². The second kappa shape index (κ2) is 12.3. The summed E-state index contributed by atoms with van der Waals surface area (Å²) in [7, 11) is 0. The molecule has 40 heavy (non-hydrogen) atoms. The van der Waals surface area contributed by atoms with Crippen molar-refractivity contribution in [2.75, 3.05) is 17.7 Å². The number of nitro benzene ring substituents is 1. The van der Waals surface area contributed by atoms with Gasteiger partial charge in [0.1, 0.15) is 29.5 Å². The summed E-state index contributed by atoms with van der Waals surface area (Å²) in [6, 6.07) is 4.23. The molecule has 0 saturated carbocycles. The molecule has 17 heteroatoms. The van der Waals surface area contributed by atoms with Crippen molar-refractivity contribution in [3.05, 3.63) is 62.5 Å². The summed E-state index contributed by atoms with van der Waals surface area (Å²) < 4.78 is 5.22. The quantitative estimate of drug-likeness (QED) is 0.0493. The molecule has 2 aliphatic rings. The average Bonchev–Trinajstić information content (AvgIpc) is 3.41. The lowest BCUT2D eigenvalue weighted by Gasteiger charge is -2.48. The summed E-state index contributed by atoms with van der Waals surface area (Å²) >= 11 is 2.13. The van der Waals surface area contributed by atoms with E-state index < -0.39 is 34.1 Å². The number of aliphatic hydroxyl groups is 1. The molecule has 4 rings (SSSR count). The van der Waals surface area contributed by atoms with Gasteiger partial charge >= 0.3 is 5.97 Å². The Morgan fingerprint density at radius 2 is 2.12 bits per heavy atom. The van der Waals surface area contributed by atoms with Gasteiger partial charge in [-0.3, -0.25) is 29.4 Å².